The second kappa shape index (κ2) is 7.19. The van der Waals surface area contributed by atoms with Crippen LogP contribution in [0.4, 0.5) is 13.2 Å². The van der Waals surface area contributed by atoms with Crippen LogP contribution in [0.15, 0.2) is 43.1 Å². The third-order valence-corrected chi connectivity index (χ3v) is 4.50. The highest BCUT2D eigenvalue weighted by atomic mass is 19.4. The Morgan fingerprint density at radius 2 is 2.14 bits per heavy atom. The van der Waals surface area contributed by atoms with Crippen molar-refractivity contribution in [3.8, 4) is 0 Å². The number of carbonyl (C=O) groups excluding carboxylic acids is 1. The molecule has 1 aliphatic rings. The van der Waals surface area contributed by atoms with E-state index in [0.29, 0.717) is 17.7 Å². The zero-order chi connectivity index (χ0) is 19.7. The molecule has 1 aliphatic heterocycles. The number of hydrogen-bond acceptors (Lipinski definition) is 5. The fourth-order valence-corrected chi connectivity index (χ4v) is 3.08. The topological polar surface area (TPSA) is 73.1 Å². The number of morpholine rings is 1. The average molecular weight is 391 g/mol. The van der Waals surface area contributed by atoms with Crippen LogP contribution >= 0.6 is 0 Å². The van der Waals surface area contributed by atoms with Crippen LogP contribution in [0.5, 0.6) is 0 Å². The zero-order valence-electron chi connectivity index (χ0n) is 14.6. The Hall–Kier alpha value is -3.01. The largest absolute Gasteiger partial charge is 0.416 e. The van der Waals surface area contributed by atoms with Gasteiger partial charge < -0.3 is 14.2 Å². The number of pyridine rings is 2. The van der Waals surface area contributed by atoms with Crippen LogP contribution in [0.3, 0.4) is 0 Å². The van der Waals surface area contributed by atoms with Gasteiger partial charge in [-0.3, -0.25) is 9.78 Å². The van der Waals surface area contributed by atoms with Crippen LogP contribution in [-0.4, -0.2) is 62.3 Å². The molecule has 0 spiro atoms. The molecule has 4 rings (SSSR count). The number of amides is 1. The van der Waals surface area contributed by atoms with E-state index in [0.717, 1.165) is 10.5 Å². The van der Waals surface area contributed by atoms with Crippen molar-refractivity contribution in [2.75, 3.05) is 19.7 Å². The molecule has 3 aromatic rings. The molecule has 0 radical (unpaired) electrons. The van der Waals surface area contributed by atoms with Gasteiger partial charge in [-0.2, -0.15) is 13.2 Å². The van der Waals surface area contributed by atoms with Crippen LogP contribution in [0, 0.1) is 0 Å². The summed E-state index contributed by atoms with van der Waals surface area (Å²) in [5.74, 6) is -0.520. The summed E-state index contributed by atoms with van der Waals surface area (Å²) < 4.78 is 45.2. The molecule has 1 unspecified atom stereocenters. The summed E-state index contributed by atoms with van der Waals surface area (Å²) in [6.45, 7) is -0.0819. The van der Waals surface area contributed by atoms with Gasteiger partial charge in [0.2, 0.25) is 0 Å². The van der Waals surface area contributed by atoms with E-state index in [1.807, 2.05) is 16.7 Å². The lowest BCUT2D eigenvalue weighted by Crippen LogP contribution is -2.51. The van der Waals surface area contributed by atoms with Crippen LogP contribution in [-0.2, 0) is 11.3 Å². The number of ether oxygens (including phenoxy) is 1. The first-order valence-corrected chi connectivity index (χ1v) is 8.59. The van der Waals surface area contributed by atoms with Crippen molar-refractivity contribution in [3.05, 3.63) is 54.2 Å². The number of nitrogens with zero attached hydrogens (tertiary/aromatic N) is 5. The molecule has 28 heavy (non-hydrogen) atoms. The molecule has 0 bridgehead atoms. The van der Waals surface area contributed by atoms with E-state index in [9.17, 15) is 18.0 Å². The summed E-state index contributed by atoms with van der Waals surface area (Å²) in [4.78, 5) is 26.4. The predicted octanol–water partition coefficient (Wildman–Crippen LogP) is 2.28. The molecule has 0 aliphatic carbocycles. The highest BCUT2D eigenvalue weighted by molar-refractivity contribution is 5.96. The third kappa shape index (κ3) is 3.68. The number of fused-ring (bicyclic) bond motifs is 1. The second-order valence-corrected chi connectivity index (χ2v) is 6.45. The van der Waals surface area contributed by atoms with E-state index in [4.69, 9.17) is 4.74 Å². The first kappa shape index (κ1) is 18.4. The van der Waals surface area contributed by atoms with E-state index in [1.165, 1.54) is 6.20 Å². The van der Waals surface area contributed by atoms with Crippen molar-refractivity contribution < 1.29 is 22.7 Å². The quantitative estimate of drug-likeness (QED) is 0.685. The number of alkyl halides is 3. The van der Waals surface area contributed by atoms with Gasteiger partial charge in [0.05, 0.1) is 31.6 Å². The molecule has 4 heterocycles. The lowest BCUT2D eigenvalue weighted by Gasteiger charge is -2.33. The molecule has 0 saturated carbocycles. The Kier molecular flexibility index (Phi) is 4.71. The summed E-state index contributed by atoms with van der Waals surface area (Å²) >= 11 is 0. The van der Waals surface area contributed by atoms with Gasteiger partial charge >= 0.3 is 6.18 Å². The van der Waals surface area contributed by atoms with Gasteiger partial charge in [0.1, 0.15) is 5.52 Å². The van der Waals surface area contributed by atoms with Gasteiger partial charge in [-0.1, -0.05) is 6.07 Å². The zero-order valence-corrected chi connectivity index (χ0v) is 14.6. The van der Waals surface area contributed by atoms with E-state index < -0.39 is 24.7 Å². The monoisotopic (exact) mass is 391 g/mol. The van der Waals surface area contributed by atoms with Gasteiger partial charge in [0.15, 0.2) is 11.8 Å². The fraction of sp³-hybridized carbons (Fsp3) is 0.333. The molecular formula is C18H16F3N5O2. The summed E-state index contributed by atoms with van der Waals surface area (Å²) in [7, 11) is 0. The summed E-state index contributed by atoms with van der Waals surface area (Å²) in [5.41, 5.74) is 2.24. The van der Waals surface area contributed by atoms with E-state index in [2.05, 4.69) is 15.0 Å². The van der Waals surface area contributed by atoms with Crippen LogP contribution in [0.1, 0.15) is 15.9 Å². The molecule has 1 fully saturated rings. The minimum atomic E-state index is -4.51. The maximum Gasteiger partial charge on any atom is 0.416 e. The van der Waals surface area contributed by atoms with Crippen LogP contribution in [0.2, 0.25) is 0 Å². The molecule has 0 N–H and O–H groups in total. The van der Waals surface area contributed by atoms with Gasteiger partial charge in [-0.25, -0.2) is 9.97 Å². The smallest absolute Gasteiger partial charge is 0.365 e. The minimum Gasteiger partial charge on any atom is -0.365 e. The first-order valence-electron chi connectivity index (χ1n) is 8.59. The predicted molar refractivity (Wildman–Crippen MR) is 92.6 cm³/mol. The maximum atomic E-state index is 12.9. The van der Waals surface area contributed by atoms with Crippen molar-refractivity contribution in [3.63, 3.8) is 0 Å². The fourth-order valence-electron chi connectivity index (χ4n) is 3.08. The van der Waals surface area contributed by atoms with Gasteiger partial charge in [0.25, 0.3) is 5.91 Å². The Morgan fingerprint density at radius 3 is 2.89 bits per heavy atom. The molecule has 10 heteroatoms. The van der Waals surface area contributed by atoms with Gasteiger partial charge in [-0.05, 0) is 17.7 Å². The average Bonchev–Trinajstić information content (AvgIpc) is 3.09. The molecule has 7 nitrogen and oxygen atoms in total. The summed E-state index contributed by atoms with van der Waals surface area (Å²) in [6.07, 6.45) is -0.0931. The maximum absolute atomic E-state index is 12.9. The lowest BCUT2D eigenvalue weighted by molar-refractivity contribution is -0.233. The SMILES string of the molecule is O=C(c1cnc2c(c1)ncn2Cc1cccnc1)N1CCOC(C(F)(F)F)C1. The molecule has 1 atom stereocenters. The first-order chi connectivity index (χ1) is 13.4. The summed E-state index contributed by atoms with van der Waals surface area (Å²) in [6, 6.07) is 5.30. The number of imidazole rings is 1. The van der Waals surface area contributed by atoms with Crippen LogP contribution < -0.4 is 0 Å². The van der Waals surface area contributed by atoms with E-state index in [1.54, 1.807) is 24.8 Å². The molecule has 1 saturated heterocycles. The number of hydrogen-bond donors (Lipinski definition) is 0. The molecular weight excluding hydrogens is 375 g/mol. The standard InChI is InChI=1S/C18H16F3N5O2/c19-18(20,21)15-10-25(4-5-28-15)17(27)13-6-14-16(23-8-13)26(11-24-14)9-12-2-1-3-22-7-12/h1-3,6-8,11,15H,4-5,9-10H2. The molecule has 0 aromatic carbocycles. The van der Waals surface area contributed by atoms with Crippen LogP contribution in [0.25, 0.3) is 11.2 Å². The van der Waals surface area contributed by atoms with Crippen molar-refractivity contribution >= 4 is 17.1 Å². The van der Waals surface area contributed by atoms with E-state index in [-0.39, 0.29) is 18.7 Å². The Bertz CT molecular complexity index is 990. The Morgan fingerprint density at radius 1 is 1.29 bits per heavy atom. The minimum absolute atomic E-state index is 0.0961. The molecule has 3 aromatic heterocycles. The number of rotatable bonds is 3. The number of carbonyl (C=O) groups is 1. The lowest BCUT2D eigenvalue weighted by atomic mass is 10.2. The second-order valence-electron chi connectivity index (χ2n) is 6.45. The molecule has 146 valence electrons. The Balaban J connectivity index is 1.54. The van der Waals surface area contributed by atoms with Crippen molar-refractivity contribution in [1.29, 1.82) is 0 Å². The van der Waals surface area contributed by atoms with Crippen molar-refractivity contribution in [2.45, 2.75) is 18.8 Å². The van der Waals surface area contributed by atoms with Gasteiger partial charge in [-0.15, -0.1) is 0 Å². The summed E-state index contributed by atoms with van der Waals surface area (Å²) in [5, 5.41) is 0. The van der Waals surface area contributed by atoms with E-state index >= 15 is 0 Å². The molecule has 1 amide bonds. The number of halogens is 3. The van der Waals surface area contributed by atoms with Gasteiger partial charge in [0, 0.05) is 25.1 Å². The number of aromatic nitrogens is 4. The Labute approximate surface area is 157 Å². The van der Waals surface area contributed by atoms with Crippen molar-refractivity contribution in [2.24, 2.45) is 0 Å². The third-order valence-electron chi connectivity index (χ3n) is 4.50. The normalized spacial score (nSPS) is 17.8. The van der Waals surface area contributed by atoms with Crippen molar-refractivity contribution in [1.82, 2.24) is 24.4 Å². The highest BCUT2D eigenvalue weighted by Gasteiger charge is 2.44. The highest BCUT2D eigenvalue weighted by Crippen LogP contribution is 2.26.